The summed E-state index contributed by atoms with van der Waals surface area (Å²) < 4.78 is 27.8. The summed E-state index contributed by atoms with van der Waals surface area (Å²) in [5.74, 6) is 0. The van der Waals surface area contributed by atoms with E-state index >= 15 is 0 Å². The van der Waals surface area contributed by atoms with Gasteiger partial charge in [0.15, 0.2) is 0 Å². The summed E-state index contributed by atoms with van der Waals surface area (Å²) in [6, 6.07) is 10.7. The van der Waals surface area contributed by atoms with Crippen molar-refractivity contribution in [2.45, 2.75) is 24.8 Å². The quantitative estimate of drug-likeness (QED) is 0.672. The van der Waals surface area contributed by atoms with Crippen molar-refractivity contribution in [3.05, 3.63) is 62.6 Å². The average Bonchev–Trinajstić information content (AvgIpc) is 2.84. The lowest BCUT2D eigenvalue weighted by molar-refractivity contribution is 0.278. The fraction of sp³-hybridized carbons (Fsp3) is 0.368. The molecule has 1 saturated heterocycles. The van der Waals surface area contributed by atoms with Crippen LogP contribution >= 0.6 is 34.8 Å². The highest BCUT2D eigenvalue weighted by Crippen LogP contribution is 2.29. The Bertz CT molecular complexity index is 914. The van der Waals surface area contributed by atoms with E-state index < -0.39 is 10.0 Å². The minimum Gasteiger partial charge on any atom is -0.298 e. The summed E-state index contributed by atoms with van der Waals surface area (Å²) >= 11 is 18.3. The molecule has 0 unspecified atom stereocenters. The Balaban J connectivity index is 1.73. The van der Waals surface area contributed by atoms with E-state index in [9.17, 15) is 8.42 Å². The first-order valence-corrected chi connectivity index (χ1v) is 11.3. The smallest absolute Gasteiger partial charge is 0.244 e. The second kappa shape index (κ2) is 8.68. The van der Waals surface area contributed by atoms with Crippen LogP contribution in [0, 0.1) is 6.92 Å². The Labute approximate surface area is 175 Å². The predicted molar refractivity (Wildman–Crippen MR) is 111 cm³/mol. The van der Waals surface area contributed by atoms with E-state index in [2.05, 4.69) is 4.90 Å². The lowest BCUT2D eigenvalue weighted by Crippen LogP contribution is -2.35. The minimum absolute atomic E-state index is 0.213. The van der Waals surface area contributed by atoms with E-state index in [-0.39, 0.29) is 9.92 Å². The molecule has 146 valence electrons. The topological polar surface area (TPSA) is 40.6 Å². The molecule has 4 nitrogen and oxygen atoms in total. The highest BCUT2D eigenvalue weighted by atomic mass is 35.5. The largest absolute Gasteiger partial charge is 0.298 e. The first kappa shape index (κ1) is 20.9. The average molecular weight is 448 g/mol. The minimum atomic E-state index is -3.62. The summed E-state index contributed by atoms with van der Waals surface area (Å²) in [5, 5.41) is 1.33. The molecule has 2 aromatic rings. The lowest BCUT2D eigenvalue weighted by atomic mass is 10.2. The van der Waals surface area contributed by atoms with Crippen molar-refractivity contribution in [2.75, 3.05) is 26.2 Å². The van der Waals surface area contributed by atoms with Gasteiger partial charge in [-0.1, -0.05) is 53.0 Å². The van der Waals surface area contributed by atoms with Crippen molar-refractivity contribution in [3.8, 4) is 0 Å². The number of sulfonamides is 1. The number of rotatable bonds is 4. The number of nitrogens with zero attached hydrogens (tertiary/aromatic N) is 2. The van der Waals surface area contributed by atoms with Crippen LogP contribution in [0.4, 0.5) is 0 Å². The van der Waals surface area contributed by atoms with Gasteiger partial charge in [-0.15, -0.1) is 0 Å². The van der Waals surface area contributed by atoms with Gasteiger partial charge in [-0.25, -0.2) is 8.42 Å². The molecule has 1 aliphatic rings. The van der Waals surface area contributed by atoms with Crippen LogP contribution in [0.25, 0.3) is 0 Å². The van der Waals surface area contributed by atoms with Crippen molar-refractivity contribution < 1.29 is 8.42 Å². The third-order valence-electron chi connectivity index (χ3n) is 4.70. The van der Waals surface area contributed by atoms with Crippen molar-refractivity contribution in [1.29, 1.82) is 0 Å². The van der Waals surface area contributed by atoms with Gasteiger partial charge in [-0.2, -0.15) is 4.31 Å². The van der Waals surface area contributed by atoms with Crippen LogP contribution < -0.4 is 0 Å². The van der Waals surface area contributed by atoms with Crippen molar-refractivity contribution in [2.24, 2.45) is 0 Å². The van der Waals surface area contributed by atoms with Gasteiger partial charge in [0, 0.05) is 26.2 Å². The molecule has 2 aromatic carbocycles. The monoisotopic (exact) mass is 446 g/mol. The maximum Gasteiger partial charge on any atom is 0.244 e. The van der Waals surface area contributed by atoms with Crippen LogP contribution in [0.15, 0.2) is 41.3 Å². The standard InChI is InChI=1S/C19H21Cl3N2O2S/c1-14-4-2-5-17(21)19(14)27(25,26)24-9-3-8-23(10-11-24)13-15-6-7-16(20)18(22)12-15/h2,4-7,12H,3,8-11,13H2,1H3. The van der Waals surface area contributed by atoms with Crippen molar-refractivity contribution >= 4 is 44.8 Å². The van der Waals surface area contributed by atoms with Gasteiger partial charge < -0.3 is 0 Å². The molecule has 0 atom stereocenters. The van der Waals surface area contributed by atoms with Gasteiger partial charge in [0.1, 0.15) is 4.90 Å². The summed E-state index contributed by atoms with van der Waals surface area (Å²) in [7, 11) is -3.62. The molecular weight excluding hydrogens is 427 g/mol. The molecule has 1 heterocycles. The maximum absolute atomic E-state index is 13.1. The molecule has 27 heavy (non-hydrogen) atoms. The van der Waals surface area contributed by atoms with Crippen LogP contribution in [0.5, 0.6) is 0 Å². The molecule has 0 aromatic heterocycles. The van der Waals surface area contributed by atoms with E-state index in [1.54, 1.807) is 31.2 Å². The first-order chi connectivity index (χ1) is 12.8. The third kappa shape index (κ3) is 4.78. The van der Waals surface area contributed by atoms with E-state index in [1.807, 2.05) is 12.1 Å². The van der Waals surface area contributed by atoms with Gasteiger partial charge in [0.2, 0.25) is 10.0 Å². The highest BCUT2D eigenvalue weighted by Gasteiger charge is 2.30. The molecule has 0 bridgehead atoms. The molecule has 8 heteroatoms. The van der Waals surface area contributed by atoms with Crippen LogP contribution in [0.3, 0.4) is 0 Å². The fourth-order valence-electron chi connectivity index (χ4n) is 3.31. The summed E-state index contributed by atoms with van der Waals surface area (Å²) in [5.41, 5.74) is 1.72. The van der Waals surface area contributed by atoms with Gasteiger partial charge in [0.05, 0.1) is 15.1 Å². The SMILES string of the molecule is Cc1cccc(Cl)c1S(=O)(=O)N1CCCN(Cc2ccc(Cl)c(Cl)c2)CC1. The molecule has 0 spiro atoms. The van der Waals surface area contributed by atoms with Crippen LogP contribution in [0.1, 0.15) is 17.5 Å². The van der Waals surface area contributed by atoms with Gasteiger partial charge in [-0.3, -0.25) is 4.90 Å². The summed E-state index contributed by atoms with van der Waals surface area (Å²) in [6.07, 6.45) is 0.754. The molecule has 0 saturated carbocycles. The summed E-state index contributed by atoms with van der Waals surface area (Å²) in [4.78, 5) is 2.44. The van der Waals surface area contributed by atoms with E-state index in [0.29, 0.717) is 41.8 Å². The first-order valence-electron chi connectivity index (χ1n) is 8.70. The van der Waals surface area contributed by atoms with E-state index in [1.165, 1.54) is 4.31 Å². The fourth-order valence-corrected chi connectivity index (χ4v) is 5.89. The normalized spacial score (nSPS) is 17.0. The molecular formula is C19H21Cl3N2O2S. The van der Waals surface area contributed by atoms with Crippen LogP contribution in [-0.2, 0) is 16.6 Å². The van der Waals surface area contributed by atoms with E-state index in [4.69, 9.17) is 34.8 Å². The predicted octanol–water partition coefficient (Wildman–Crippen LogP) is 4.85. The number of hydrogen-bond donors (Lipinski definition) is 0. The molecule has 0 aliphatic carbocycles. The Morgan fingerprint density at radius 2 is 1.70 bits per heavy atom. The maximum atomic E-state index is 13.1. The Hall–Kier alpha value is -0.820. The third-order valence-corrected chi connectivity index (χ3v) is 7.97. The van der Waals surface area contributed by atoms with Gasteiger partial charge in [-0.05, 0) is 49.2 Å². The molecule has 0 N–H and O–H groups in total. The number of benzene rings is 2. The number of halogens is 3. The second-order valence-corrected chi connectivity index (χ2v) is 9.76. The summed E-state index contributed by atoms with van der Waals surface area (Å²) in [6.45, 7) is 4.83. The number of aryl methyl sites for hydroxylation is 1. The van der Waals surface area contributed by atoms with Crippen molar-refractivity contribution in [1.82, 2.24) is 9.21 Å². The lowest BCUT2D eigenvalue weighted by Gasteiger charge is -2.23. The Morgan fingerprint density at radius 3 is 2.41 bits per heavy atom. The van der Waals surface area contributed by atoms with Crippen LogP contribution in [-0.4, -0.2) is 43.8 Å². The Morgan fingerprint density at radius 1 is 0.926 bits per heavy atom. The van der Waals surface area contributed by atoms with Crippen molar-refractivity contribution in [3.63, 3.8) is 0 Å². The highest BCUT2D eigenvalue weighted by molar-refractivity contribution is 7.89. The molecule has 0 radical (unpaired) electrons. The van der Waals surface area contributed by atoms with Gasteiger partial charge in [0.25, 0.3) is 0 Å². The molecule has 3 rings (SSSR count). The van der Waals surface area contributed by atoms with Gasteiger partial charge >= 0.3 is 0 Å². The molecule has 1 fully saturated rings. The molecule has 0 amide bonds. The molecule has 1 aliphatic heterocycles. The van der Waals surface area contributed by atoms with E-state index in [0.717, 1.165) is 18.5 Å². The zero-order chi connectivity index (χ0) is 19.6. The zero-order valence-electron chi connectivity index (χ0n) is 15.0. The van der Waals surface area contributed by atoms with Crippen LogP contribution in [0.2, 0.25) is 15.1 Å². The Kier molecular flexibility index (Phi) is 6.72. The zero-order valence-corrected chi connectivity index (χ0v) is 18.0. The second-order valence-electron chi connectivity index (χ2n) is 6.67. The number of hydrogen-bond acceptors (Lipinski definition) is 3.